The standard InChI is InChI=1S/C27H20Cl2N2O3/c1-2-31-23-13-12-22(18-7-5-8-20(25(18)23)27(31)33)30-26(32)19-6-3-4-9-24(19)34-15-16-10-11-17(28)14-21(16)29/h3-14H,2,15H2,1H3,(H,30,32). The summed E-state index contributed by atoms with van der Waals surface area (Å²) in [6.07, 6.45) is 0. The van der Waals surface area contributed by atoms with E-state index in [-0.39, 0.29) is 18.4 Å². The van der Waals surface area contributed by atoms with Gasteiger partial charge in [0.2, 0.25) is 0 Å². The molecule has 0 bridgehead atoms. The third-order valence-corrected chi connectivity index (χ3v) is 6.47. The van der Waals surface area contributed by atoms with Gasteiger partial charge in [0.05, 0.1) is 11.3 Å². The van der Waals surface area contributed by atoms with Gasteiger partial charge in [-0.2, -0.15) is 0 Å². The first kappa shape index (κ1) is 22.3. The molecule has 1 N–H and O–H groups in total. The van der Waals surface area contributed by atoms with Crippen LogP contribution >= 0.6 is 23.2 Å². The van der Waals surface area contributed by atoms with Crippen molar-refractivity contribution < 1.29 is 14.3 Å². The normalized spacial score (nSPS) is 12.3. The quantitative estimate of drug-likeness (QED) is 0.317. The van der Waals surface area contributed by atoms with Gasteiger partial charge >= 0.3 is 0 Å². The third-order valence-electron chi connectivity index (χ3n) is 5.88. The first-order valence-corrected chi connectivity index (χ1v) is 11.6. The maximum Gasteiger partial charge on any atom is 0.259 e. The highest BCUT2D eigenvalue weighted by molar-refractivity contribution is 6.35. The molecule has 7 heteroatoms. The topological polar surface area (TPSA) is 58.6 Å². The number of carbonyl (C=O) groups excluding carboxylic acids is 2. The van der Waals surface area contributed by atoms with E-state index in [9.17, 15) is 9.59 Å². The lowest BCUT2D eigenvalue weighted by Gasteiger charge is -2.16. The zero-order chi connectivity index (χ0) is 23.8. The summed E-state index contributed by atoms with van der Waals surface area (Å²) in [5.74, 6) is 0.102. The van der Waals surface area contributed by atoms with Crippen molar-refractivity contribution in [2.24, 2.45) is 0 Å². The predicted molar refractivity (Wildman–Crippen MR) is 136 cm³/mol. The molecular formula is C27H20Cl2N2O3. The molecule has 4 aromatic carbocycles. The molecule has 0 aromatic heterocycles. The number of anilines is 2. The van der Waals surface area contributed by atoms with Crippen LogP contribution in [0.5, 0.6) is 5.75 Å². The van der Waals surface area contributed by atoms with Crippen molar-refractivity contribution in [2.45, 2.75) is 13.5 Å². The third kappa shape index (κ3) is 3.87. The highest BCUT2D eigenvalue weighted by Crippen LogP contribution is 2.40. The summed E-state index contributed by atoms with van der Waals surface area (Å²) in [5.41, 5.74) is 3.29. The second-order valence-corrected chi connectivity index (χ2v) is 8.73. The number of hydrogen-bond donors (Lipinski definition) is 1. The molecular weight excluding hydrogens is 471 g/mol. The van der Waals surface area contributed by atoms with Crippen LogP contribution < -0.4 is 15.0 Å². The van der Waals surface area contributed by atoms with Gasteiger partial charge in [-0.1, -0.05) is 53.5 Å². The fourth-order valence-electron chi connectivity index (χ4n) is 4.23. The van der Waals surface area contributed by atoms with Gasteiger partial charge < -0.3 is 15.0 Å². The molecule has 0 unspecified atom stereocenters. The van der Waals surface area contributed by atoms with Crippen LogP contribution in [-0.2, 0) is 6.61 Å². The average molecular weight is 491 g/mol. The first-order chi connectivity index (χ1) is 16.5. The molecule has 5 rings (SSSR count). The van der Waals surface area contributed by atoms with Crippen molar-refractivity contribution in [1.82, 2.24) is 0 Å². The largest absolute Gasteiger partial charge is 0.488 e. The number of halogens is 2. The van der Waals surface area contributed by atoms with Gasteiger partial charge in [0.25, 0.3) is 11.8 Å². The van der Waals surface area contributed by atoms with E-state index in [1.165, 1.54) is 0 Å². The van der Waals surface area contributed by atoms with Gasteiger partial charge in [-0.3, -0.25) is 9.59 Å². The van der Waals surface area contributed by atoms with Crippen molar-refractivity contribution in [1.29, 1.82) is 0 Å². The monoisotopic (exact) mass is 490 g/mol. The minimum absolute atomic E-state index is 0.0221. The Hall–Kier alpha value is -3.54. The lowest BCUT2D eigenvalue weighted by atomic mass is 10.0. The van der Waals surface area contributed by atoms with Gasteiger partial charge in [-0.05, 0) is 49.4 Å². The highest BCUT2D eigenvalue weighted by Gasteiger charge is 2.29. The second kappa shape index (κ2) is 9.01. The molecule has 0 fully saturated rings. The van der Waals surface area contributed by atoms with Crippen LogP contribution in [0.15, 0.2) is 72.8 Å². The Morgan fingerprint density at radius 2 is 1.82 bits per heavy atom. The van der Waals surface area contributed by atoms with Crippen molar-refractivity contribution >= 4 is 57.2 Å². The van der Waals surface area contributed by atoms with Crippen LogP contribution in [0.1, 0.15) is 33.2 Å². The molecule has 0 aliphatic carbocycles. The molecule has 4 aromatic rings. The lowest BCUT2D eigenvalue weighted by Crippen LogP contribution is -2.25. The fraction of sp³-hybridized carbons (Fsp3) is 0.111. The van der Waals surface area contributed by atoms with Crippen LogP contribution in [-0.4, -0.2) is 18.4 Å². The SMILES string of the molecule is CCN1C(=O)c2cccc3c(NC(=O)c4ccccc4OCc4ccc(Cl)cc4Cl)ccc1c23. The Morgan fingerprint density at radius 1 is 1.00 bits per heavy atom. The van der Waals surface area contributed by atoms with Gasteiger partial charge in [0.15, 0.2) is 0 Å². The van der Waals surface area contributed by atoms with E-state index in [0.717, 1.165) is 22.0 Å². The summed E-state index contributed by atoms with van der Waals surface area (Å²) < 4.78 is 5.94. The van der Waals surface area contributed by atoms with Crippen molar-refractivity contribution in [3.8, 4) is 5.75 Å². The van der Waals surface area contributed by atoms with Crippen molar-refractivity contribution in [3.05, 3.63) is 99.5 Å². The lowest BCUT2D eigenvalue weighted by molar-refractivity contribution is 0.0992. The van der Waals surface area contributed by atoms with E-state index >= 15 is 0 Å². The van der Waals surface area contributed by atoms with E-state index in [4.69, 9.17) is 27.9 Å². The Balaban J connectivity index is 1.43. The summed E-state index contributed by atoms with van der Waals surface area (Å²) in [6, 6.07) is 21.5. The maximum atomic E-state index is 13.3. The summed E-state index contributed by atoms with van der Waals surface area (Å²) in [5, 5.41) is 5.71. The number of para-hydroxylation sites is 1. The Bertz CT molecular complexity index is 1450. The van der Waals surface area contributed by atoms with E-state index in [2.05, 4.69) is 5.32 Å². The molecule has 1 aliphatic rings. The van der Waals surface area contributed by atoms with Crippen LogP contribution in [0, 0.1) is 0 Å². The summed E-state index contributed by atoms with van der Waals surface area (Å²) >= 11 is 12.2. The van der Waals surface area contributed by atoms with E-state index < -0.39 is 0 Å². The van der Waals surface area contributed by atoms with Crippen LogP contribution in [0.3, 0.4) is 0 Å². The molecule has 0 radical (unpaired) electrons. The summed E-state index contributed by atoms with van der Waals surface area (Å²) in [7, 11) is 0. The van der Waals surface area contributed by atoms with E-state index in [0.29, 0.717) is 39.2 Å². The number of carbonyl (C=O) groups is 2. The molecule has 0 atom stereocenters. The predicted octanol–water partition coefficient (Wildman–Crippen LogP) is 6.96. The molecule has 1 aliphatic heterocycles. The number of benzene rings is 4. The van der Waals surface area contributed by atoms with Gasteiger partial charge in [0.1, 0.15) is 12.4 Å². The number of nitrogens with zero attached hydrogens (tertiary/aromatic N) is 1. The fourth-order valence-corrected chi connectivity index (χ4v) is 4.70. The molecule has 5 nitrogen and oxygen atoms in total. The second-order valence-electron chi connectivity index (χ2n) is 7.88. The zero-order valence-electron chi connectivity index (χ0n) is 18.3. The summed E-state index contributed by atoms with van der Waals surface area (Å²) in [4.78, 5) is 27.7. The van der Waals surface area contributed by atoms with Gasteiger partial charge in [-0.15, -0.1) is 0 Å². The molecule has 34 heavy (non-hydrogen) atoms. The van der Waals surface area contributed by atoms with Gasteiger partial charge in [0, 0.05) is 44.2 Å². The molecule has 2 amide bonds. The van der Waals surface area contributed by atoms with E-state index in [1.807, 2.05) is 37.3 Å². The molecule has 0 saturated carbocycles. The minimum Gasteiger partial charge on any atom is -0.488 e. The Labute approximate surface area is 206 Å². The number of amides is 2. The minimum atomic E-state index is -0.310. The average Bonchev–Trinajstić information content (AvgIpc) is 3.12. The molecule has 0 saturated heterocycles. The first-order valence-electron chi connectivity index (χ1n) is 10.8. The van der Waals surface area contributed by atoms with Crippen LogP contribution in [0.2, 0.25) is 10.0 Å². The van der Waals surface area contributed by atoms with Crippen molar-refractivity contribution in [3.63, 3.8) is 0 Å². The maximum absolute atomic E-state index is 13.3. The smallest absolute Gasteiger partial charge is 0.259 e. The Morgan fingerprint density at radius 3 is 2.62 bits per heavy atom. The number of rotatable bonds is 6. The zero-order valence-corrected chi connectivity index (χ0v) is 19.8. The molecule has 0 spiro atoms. The molecule has 170 valence electrons. The number of hydrogen-bond acceptors (Lipinski definition) is 3. The Kier molecular flexibility index (Phi) is 5.90. The van der Waals surface area contributed by atoms with E-state index in [1.54, 1.807) is 47.4 Å². The molecule has 1 heterocycles. The van der Waals surface area contributed by atoms with Gasteiger partial charge in [-0.25, -0.2) is 0 Å². The highest BCUT2D eigenvalue weighted by atomic mass is 35.5. The van der Waals surface area contributed by atoms with Crippen LogP contribution in [0.25, 0.3) is 10.8 Å². The van der Waals surface area contributed by atoms with Crippen molar-refractivity contribution in [2.75, 3.05) is 16.8 Å². The number of ether oxygens (including phenoxy) is 1. The summed E-state index contributed by atoms with van der Waals surface area (Å²) in [6.45, 7) is 2.71. The van der Waals surface area contributed by atoms with Crippen LogP contribution in [0.4, 0.5) is 11.4 Å². The number of nitrogens with one attached hydrogen (secondary N) is 1.